The number of halogens is 1. The van der Waals surface area contributed by atoms with Crippen LogP contribution in [0, 0.1) is 11.7 Å². The molecule has 0 spiro atoms. The molecule has 1 N–H and O–H groups in total. The van der Waals surface area contributed by atoms with Gasteiger partial charge in [-0.2, -0.15) is 0 Å². The summed E-state index contributed by atoms with van der Waals surface area (Å²) in [5.41, 5.74) is 0.601. The summed E-state index contributed by atoms with van der Waals surface area (Å²) in [7, 11) is -3.75. The molecule has 148 valence electrons. The second-order valence-corrected chi connectivity index (χ2v) is 8.48. The largest absolute Gasteiger partial charge is 0.486 e. The molecule has 0 bridgehead atoms. The standard InChI is InChI=1S/C19H19FN2O5S/c20-14-1-3-15(4-2-14)22-12-13(9-19(22)23)11-21-28(24,25)16-5-6-17-18(10-16)27-8-7-26-17/h1-6,10,13,21H,7-9,11-12H2. The van der Waals surface area contributed by atoms with Crippen molar-refractivity contribution in [3.8, 4) is 11.5 Å². The molecule has 1 atom stereocenters. The Balaban J connectivity index is 1.41. The molecule has 2 aromatic carbocycles. The van der Waals surface area contributed by atoms with E-state index in [4.69, 9.17) is 9.47 Å². The maximum atomic E-state index is 13.1. The quantitative estimate of drug-likeness (QED) is 0.820. The van der Waals surface area contributed by atoms with Crippen LogP contribution in [0.25, 0.3) is 0 Å². The van der Waals surface area contributed by atoms with E-state index in [0.717, 1.165) is 0 Å². The van der Waals surface area contributed by atoms with Crippen molar-refractivity contribution in [2.75, 3.05) is 31.2 Å². The highest BCUT2D eigenvalue weighted by Crippen LogP contribution is 2.32. The third-order valence-electron chi connectivity index (χ3n) is 4.73. The van der Waals surface area contributed by atoms with E-state index >= 15 is 0 Å². The van der Waals surface area contributed by atoms with Gasteiger partial charge in [0.2, 0.25) is 15.9 Å². The van der Waals surface area contributed by atoms with Crippen LogP contribution in [-0.2, 0) is 14.8 Å². The van der Waals surface area contributed by atoms with Gasteiger partial charge in [-0.05, 0) is 42.3 Å². The van der Waals surface area contributed by atoms with Crippen molar-refractivity contribution in [3.63, 3.8) is 0 Å². The van der Waals surface area contributed by atoms with Crippen molar-refractivity contribution in [1.29, 1.82) is 0 Å². The van der Waals surface area contributed by atoms with E-state index in [1.807, 2.05) is 0 Å². The van der Waals surface area contributed by atoms with Gasteiger partial charge >= 0.3 is 0 Å². The third-order valence-corrected chi connectivity index (χ3v) is 6.15. The summed E-state index contributed by atoms with van der Waals surface area (Å²) in [6.07, 6.45) is 0.223. The van der Waals surface area contributed by atoms with E-state index in [2.05, 4.69) is 4.72 Å². The van der Waals surface area contributed by atoms with E-state index in [1.54, 1.807) is 11.0 Å². The Hall–Kier alpha value is -2.65. The zero-order chi connectivity index (χ0) is 19.7. The smallest absolute Gasteiger partial charge is 0.240 e. The molecule has 0 radical (unpaired) electrons. The molecule has 1 amide bonds. The molecule has 0 aromatic heterocycles. The van der Waals surface area contributed by atoms with Gasteiger partial charge in [-0.25, -0.2) is 17.5 Å². The molecule has 1 unspecified atom stereocenters. The molecule has 0 aliphatic carbocycles. The van der Waals surface area contributed by atoms with Crippen LogP contribution in [0.1, 0.15) is 6.42 Å². The zero-order valence-corrected chi connectivity index (χ0v) is 15.7. The number of carbonyl (C=O) groups excluding carboxylic acids is 1. The predicted octanol–water partition coefficient (Wildman–Crippen LogP) is 1.93. The van der Waals surface area contributed by atoms with Gasteiger partial charge in [0.15, 0.2) is 11.5 Å². The number of anilines is 1. The molecule has 7 nitrogen and oxygen atoms in total. The highest BCUT2D eigenvalue weighted by atomic mass is 32.2. The van der Waals surface area contributed by atoms with Crippen molar-refractivity contribution in [3.05, 3.63) is 48.3 Å². The van der Waals surface area contributed by atoms with Crippen molar-refractivity contribution in [2.45, 2.75) is 11.3 Å². The van der Waals surface area contributed by atoms with Gasteiger partial charge in [-0.3, -0.25) is 4.79 Å². The fourth-order valence-electron chi connectivity index (χ4n) is 3.29. The van der Waals surface area contributed by atoms with Crippen LogP contribution in [0.2, 0.25) is 0 Å². The monoisotopic (exact) mass is 406 g/mol. The average molecular weight is 406 g/mol. The highest BCUT2D eigenvalue weighted by molar-refractivity contribution is 7.89. The fraction of sp³-hybridized carbons (Fsp3) is 0.316. The van der Waals surface area contributed by atoms with E-state index in [1.165, 1.54) is 36.4 Å². The number of hydrogen-bond acceptors (Lipinski definition) is 5. The lowest BCUT2D eigenvalue weighted by Gasteiger charge is -2.19. The van der Waals surface area contributed by atoms with Crippen molar-refractivity contribution < 1.29 is 27.1 Å². The Bertz CT molecular complexity index is 994. The summed E-state index contributed by atoms with van der Waals surface area (Å²) in [5.74, 6) is 0.244. The highest BCUT2D eigenvalue weighted by Gasteiger charge is 2.31. The molecule has 2 heterocycles. The van der Waals surface area contributed by atoms with Crippen LogP contribution in [0.5, 0.6) is 11.5 Å². The van der Waals surface area contributed by atoms with Crippen LogP contribution in [0.4, 0.5) is 10.1 Å². The first-order valence-electron chi connectivity index (χ1n) is 8.87. The molecule has 0 saturated carbocycles. The molecule has 1 saturated heterocycles. The number of carbonyl (C=O) groups is 1. The maximum absolute atomic E-state index is 13.1. The lowest BCUT2D eigenvalue weighted by molar-refractivity contribution is -0.117. The summed E-state index contributed by atoms with van der Waals surface area (Å²) in [5, 5.41) is 0. The van der Waals surface area contributed by atoms with E-state index in [9.17, 15) is 17.6 Å². The molecule has 2 aliphatic rings. The van der Waals surface area contributed by atoms with Gasteiger partial charge in [-0.15, -0.1) is 0 Å². The fourth-order valence-corrected chi connectivity index (χ4v) is 4.42. The van der Waals surface area contributed by atoms with Gasteiger partial charge in [0.1, 0.15) is 19.0 Å². The van der Waals surface area contributed by atoms with Gasteiger partial charge < -0.3 is 14.4 Å². The normalized spacial score (nSPS) is 19.1. The number of fused-ring (bicyclic) bond motifs is 1. The number of rotatable bonds is 5. The summed E-state index contributed by atoms with van der Waals surface area (Å²) in [6, 6.07) is 10.1. The van der Waals surface area contributed by atoms with Gasteiger partial charge in [-0.1, -0.05) is 0 Å². The first-order valence-corrected chi connectivity index (χ1v) is 10.4. The van der Waals surface area contributed by atoms with Crippen LogP contribution < -0.4 is 19.1 Å². The van der Waals surface area contributed by atoms with Crippen LogP contribution in [-0.4, -0.2) is 40.6 Å². The van der Waals surface area contributed by atoms with Crippen molar-refractivity contribution in [1.82, 2.24) is 4.72 Å². The number of hydrogen-bond donors (Lipinski definition) is 1. The molecule has 4 rings (SSSR count). The minimum Gasteiger partial charge on any atom is -0.486 e. The number of amides is 1. The molecule has 2 aromatic rings. The Labute approximate surface area is 162 Å². The number of nitrogens with zero attached hydrogens (tertiary/aromatic N) is 1. The second kappa shape index (κ2) is 7.40. The lowest BCUT2D eigenvalue weighted by Crippen LogP contribution is -2.31. The minimum atomic E-state index is -3.75. The van der Waals surface area contributed by atoms with E-state index < -0.39 is 10.0 Å². The van der Waals surface area contributed by atoms with Crippen molar-refractivity contribution >= 4 is 21.6 Å². The molecule has 9 heteroatoms. The van der Waals surface area contributed by atoms with Gasteiger partial charge in [0.05, 0.1) is 4.90 Å². The van der Waals surface area contributed by atoms with E-state index in [-0.39, 0.29) is 35.5 Å². The summed E-state index contributed by atoms with van der Waals surface area (Å²) < 4.78 is 51.7. The Kier molecular flexibility index (Phi) is 4.94. The molecule has 28 heavy (non-hydrogen) atoms. The first kappa shape index (κ1) is 18.7. The maximum Gasteiger partial charge on any atom is 0.240 e. The van der Waals surface area contributed by atoms with Crippen LogP contribution in [0.15, 0.2) is 47.4 Å². The Morgan fingerprint density at radius 2 is 1.79 bits per heavy atom. The number of ether oxygens (including phenoxy) is 2. The Morgan fingerprint density at radius 1 is 1.07 bits per heavy atom. The Morgan fingerprint density at radius 3 is 2.54 bits per heavy atom. The second-order valence-electron chi connectivity index (χ2n) is 6.71. The average Bonchev–Trinajstić information content (AvgIpc) is 3.07. The van der Waals surface area contributed by atoms with Crippen LogP contribution >= 0.6 is 0 Å². The SMILES string of the molecule is O=C1CC(CNS(=O)(=O)c2ccc3c(c2)OCCO3)CN1c1ccc(F)cc1. The molecule has 2 aliphatic heterocycles. The number of sulfonamides is 1. The topological polar surface area (TPSA) is 84.9 Å². The number of nitrogens with one attached hydrogen (secondary N) is 1. The zero-order valence-electron chi connectivity index (χ0n) is 14.9. The molecular formula is C19H19FN2O5S. The van der Waals surface area contributed by atoms with Gasteiger partial charge in [0.25, 0.3) is 0 Å². The summed E-state index contributed by atoms with van der Waals surface area (Å²) in [4.78, 5) is 13.9. The first-order chi connectivity index (χ1) is 13.4. The minimum absolute atomic E-state index is 0.0801. The summed E-state index contributed by atoms with van der Waals surface area (Å²) >= 11 is 0. The van der Waals surface area contributed by atoms with Gasteiger partial charge in [0, 0.05) is 31.3 Å². The third kappa shape index (κ3) is 3.81. The van der Waals surface area contributed by atoms with Crippen LogP contribution in [0.3, 0.4) is 0 Å². The molecule has 1 fully saturated rings. The lowest BCUT2D eigenvalue weighted by atomic mass is 10.1. The predicted molar refractivity (Wildman–Crippen MR) is 99.5 cm³/mol. The summed E-state index contributed by atoms with van der Waals surface area (Å²) in [6.45, 7) is 1.29. The van der Waals surface area contributed by atoms with Crippen molar-refractivity contribution in [2.24, 2.45) is 5.92 Å². The number of benzene rings is 2. The van der Waals surface area contributed by atoms with E-state index in [0.29, 0.717) is 36.9 Å². The molecular weight excluding hydrogens is 387 g/mol.